The monoisotopic (exact) mass is 306 g/mol. The summed E-state index contributed by atoms with van der Waals surface area (Å²) in [5.41, 5.74) is 5.68. The van der Waals surface area contributed by atoms with Gasteiger partial charge in [0, 0.05) is 0 Å². The number of thiocarbonyl (C=S) groups is 1. The van der Waals surface area contributed by atoms with Crippen molar-refractivity contribution in [3.63, 3.8) is 0 Å². The Kier molecular flexibility index (Phi) is 3.65. The summed E-state index contributed by atoms with van der Waals surface area (Å²) in [6, 6.07) is 7.74. The standard InChI is InChI=1S/C15H18N2OS2/c16-14(19)15(9-5-1-2-6-10-15)17-13(18)11-7-3-4-8-12(11)20-17/h3-4,7-8H,1-2,5-6,9-10H2,(H2,16,19). The van der Waals surface area contributed by atoms with Gasteiger partial charge in [0.15, 0.2) is 0 Å². The average molecular weight is 306 g/mol. The summed E-state index contributed by atoms with van der Waals surface area (Å²) in [4.78, 5) is 13.2. The van der Waals surface area contributed by atoms with E-state index >= 15 is 0 Å². The lowest BCUT2D eigenvalue weighted by molar-refractivity contribution is 0.373. The van der Waals surface area contributed by atoms with Crippen molar-refractivity contribution >= 4 is 38.8 Å². The fraction of sp³-hybridized carbons (Fsp3) is 0.467. The summed E-state index contributed by atoms with van der Waals surface area (Å²) in [5, 5.41) is 0.775. The van der Waals surface area contributed by atoms with Crippen LogP contribution in [0.2, 0.25) is 0 Å². The van der Waals surface area contributed by atoms with Gasteiger partial charge in [0.25, 0.3) is 5.56 Å². The topological polar surface area (TPSA) is 48.0 Å². The van der Waals surface area contributed by atoms with Crippen LogP contribution in [0.3, 0.4) is 0 Å². The van der Waals surface area contributed by atoms with E-state index in [0.717, 1.165) is 35.8 Å². The second-order valence-electron chi connectivity index (χ2n) is 5.50. The number of fused-ring (bicyclic) bond motifs is 1. The Bertz CT molecular complexity index is 693. The van der Waals surface area contributed by atoms with Gasteiger partial charge in [0.2, 0.25) is 0 Å². The summed E-state index contributed by atoms with van der Waals surface area (Å²) in [6.07, 6.45) is 6.33. The predicted octanol–water partition coefficient (Wildman–Crippen LogP) is 3.40. The fourth-order valence-electron chi connectivity index (χ4n) is 3.12. The first kappa shape index (κ1) is 13.8. The minimum absolute atomic E-state index is 0.0558. The maximum absolute atomic E-state index is 12.7. The van der Waals surface area contributed by atoms with Crippen molar-refractivity contribution in [2.24, 2.45) is 5.73 Å². The van der Waals surface area contributed by atoms with Crippen molar-refractivity contribution in [2.75, 3.05) is 0 Å². The minimum Gasteiger partial charge on any atom is -0.391 e. The first-order valence-electron chi connectivity index (χ1n) is 7.07. The van der Waals surface area contributed by atoms with E-state index in [-0.39, 0.29) is 5.56 Å². The molecule has 2 N–H and O–H groups in total. The van der Waals surface area contributed by atoms with E-state index in [2.05, 4.69) is 0 Å². The highest BCUT2D eigenvalue weighted by Crippen LogP contribution is 2.36. The summed E-state index contributed by atoms with van der Waals surface area (Å²) in [7, 11) is 0. The van der Waals surface area contributed by atoms with Crippen LogP contribution in [0.4, 0.5) is 0 Å². The van der Waals surface area contributed by atoms with Crippen molar-refractivity contribution in [2.45, 2.75) is 44.1 Å². The van der Waals surface area contributed by atoms with Gasteiger partial charge in [-0.05, 0) is 25.0 Å². The van der Waals surface area contributed by atoms with E-state index in [0.29, 0.717) is 4.99 Å². The van der Waals surface area contributed by atoms with Gasteiger partial charge in [-0.25, -0.2) is 3.96 Å². The van der Waals surface area contributed by atoms with Gasteiger partial charge < -0.3 is 5.73 Å². The lowest BCUT2D eigenvalue weighted by Gasteiger charge is -2.31. The number of rotatable bonds is 2. The van der Waals surface area contributed by atoms with Crippen molar-refractivity contribution in [1.29, 1.82) is 0 Å². The molecule has 0 amide bonds. The zero-order chi connectivity index (χ0) is 14.2. The summed E-state index contributed by atoms with van der Waals surface area (Å²) in [5.74, 6) is 0. The molecule has 5 heteroatoms. The van der Waals surface area contributed by atoms with Crippen LogP contribution >= 0.6 is 23.8 Å². The van der Waals surface area contributed by atoms with E-state index in [4.69, 9.17) is 18.0 Å². The Morgan fingerprint density at radius 3 is 2.45 bits per heavy atom. The molecule has 0 bridgehead atoms. The molecule has 1 aromatic carbocycles. The lowest BCUT2D eigenvalue weighted by atomic mass is 9.90. The first-order valence-corrected chi connectivity index (χ1v) is 8.25. The minimum atomic E-state index is -0.452. The smallest absolute Gasteiger partial charge is 0.269 e. The quantitative estimate of drug-likeness (QED) is 0.683. The van der Waals surface area contributed by atoms with E-state index in [1.165, 1.54) is 24.4 Å². The number of nitrogens with zero attached hydrogens (tertiary/aromatic N) is 1. The molecule has 0 unspecified atom stereocenters. The lowest BCUT2D eigenvalue weighted by Crippen LogP contribution is -2.47. The Morgan fingerprint density at radius 2 is 1.85 bits per heavy atom. The SMILES string of the molecule is NC(=S)C1(n2sc3ccccc3c2=O)CCCCCC1. The van der Waals surface area contributed by atoms with Gasteiger partial charge in [0.1, 0.15) is 10.5 Å². The number of hydrogen-bond acceptors (Lipinski definition) is 3. The van der Waals surface area contributed by atoms with Crippen LogP contribution in [0.15, 0.2) is 29.1 Å². The van der Waals surface area contributed by atoms with E-state index in [1.807, 2.05) is 28.2 Å². The molecule has 1 aromatic heterocycles. The molecule has 1 fully saturated rings. The predicted molar refractivity (Wildman–Crippen MR) is 88.5 cm³/mol. The molecule has 20 heavy (non-hydrogen) atoms. The van der Waals surface area contributed by atoms with Gasteiger partial charge >= 0.3 is 0 Å². The van der Waals surface area contributed by atoms with Crippen molar-refractivity contribution < 1.29 is 0 Å². The zero-order valence-corrected chi connectivity index (χ0v) is 12.9. The molecular formula is C15H18N2OS2. The fourth-order valence-corrected chi connectivity index (χ4v) is 4.70. The molecule has 3 nitrogen and oxygen atoms in total. The molecular weight excluding hydrogens is 288 g/mol. The van der Waals surface area contributed by atoms with Crippen LogP contribution in [0.25, 0.3) is 10.1 Å². The van der Waals surface area contributed by atoms with Gasteiger partial charge in [-0.2, -0.15) is 0 Å². The Labute approximate surface area is 127 Å². The van der Waals surface area contributed by atoms with Crippen LogP contribution in [0.1, 0.15) is 38.5 Å². The molecule has 1 saturated carbocycles. The molecule has 1 aliphatic rings. The Morgan fingerprint density at radius 1 is 1.20 bits per heavy atom. The van der Waals surface area contributed by atoms with Crippen LogP contribution in [-0.4, -0.2) is 8.95 Å². The molecule has 1 heterocycles. The average Bonchev–Trinajstić information content (AvgIpc) is 2.65. The van der Waals surface area contributed by atoms with E-state index in [1.54, 1.807) is 0 Å². The van der Waals surface area contributed by atoms with Gasteiger partial charge in [-0.3, -0.25) is 4.79 Å². The zero-order valence-electron chi connectivity index (χ0n) is 11.3. The molecule has 106 valence electrons. The largest absolute Gasteiger partial charge is 0.391 e. The highest BCUT2D eigenvalue weighted by Gasteiger charge is 2.38. The third-order valence-corrected chi connectivity index (χ3v) is 5.90. The number of aromatic nitrogens is 1. The Balaban J connectivity index is 2.21. The molecule has 0 atom stereocenters. The number of nitrogens with two attached hydrogens (primary N) is 1. The summed E-state index contributed by atoms with van der Waals surface area (Å²) in [6.45, 7) is 0. The maximum atomic E-state index is 12.7. The van der Waals surface area contributed by atoms with Gasteiger partial charge in [-0.15, -0.1) is 0 Å². The van der Waals surface area contributed by atoms with Crippen molar-refractivity contribution in [1.82, 2.24) is 3.96 Å². The molecule has 0 saturated heterocycles. The molecule has 3 rings (SSSR count). The summed E-state index contributed by atoms with van der Waals surface area (Å²) < 4.78 is 2.86. The van der Waals surface area contributed by atoms with E-state index < -0.39 is 5.54 Å². The van der Waals surface area contributed by atoms with Crippen LogP contribution in [-0.2, 0) is 5.54 Å². The third-order valence-electron chi connectivity index (χ3n) is 4.27. The summed E-state index contributed by atoms with van der Waals surface area (Å²) >= 11 is 6.86. The molecule has 2 aromatic rings. The maximum Gasteiger partial charge on any atom is 0.269 e. The van der Waals surface area contributed by atoms with Crippen LogP contribution in [0, 0.1) is 0 Å². The second-order valence-corrected chi connectivity index (χ2v) is 6.92. The second kappa shape index (κ2) is 5.30. The molecule has 1 aliphatic carbocycles. The van der Waals surface area contributed by atoms with Crippen molar-refractivity contribution in [3.8, 4) is 0 Å². The highest BCUT2D eigenvalue weighted by molar-refractivity contribution is 7.80. The molecule has 0 radical (unpaired) electrons. The normalized spacial score (nSPS) is 18.8. The van der Waals surface area contributed by atoms with Crippen LogP contribution in [0.5, 0.6) is 0 Å². The Hall–Kier alpha value is -1.20. The van der Waals surface area contributed by atoms with Gasteiger partial charge in [0.05, 0.1) is 10.1 Å². The van der Waals surface area contributed by atoms with E-state index in [9.17, 15) is 4.79 Å². The van der Waals surface area contributed by atoms with Gasteiger partial charge in [-0.1, -0.05) is 61.6 Å². The van der Waals surface area contributed by atoms with Crippen LogP contribution < -0.4 is 11.3 Å². The third kappa shape index (κ3) is 2.09. The number of benzene rings is 1. The molecule has 0 aliphatic heterocycles. The van der Waals surface area contributed by atoms with Crippen molar-refractivity contribution in [3.05, 3.63) is 34.6 Å². The first-order chi connectivity index (χ1) is 9.65. The molecule has 0 spiro atoms. The highest BCUT2D eigenvalue weighted by atomic mass is 32.1. The number of hydrogen-bond donors (Lipinski definition) is 1.